The Bertz CT molecular complexity index is 954. The van der Waals surface area contributed by atoms with Crippen LogP contribution in [0, 0.1) is 0 Å². The van der Waals surface area contributed by atoms with Crippen molar-refractivity contribution in [3.05, 3.63) is 42.5 Å². The Kier molecular flexibility index (Phi) is 4.43. The van der Waals surface area contributed by atoms with Crippen molar-refractivity contribution in [2.24, 2.45) is 0 Å². The average Bonchev–Trinajstić information content (AvgIpc) is 2.88. The van der Waals surface area contributed by atoms with Gasteiger partial charge < -0.3 is 9.45 Å². The number of nitrogens with zero attached hydrogens (tertiary/aromatic N) is 6. The van der Waals surface area contributed by atoms with Crippen LogP contribution >= 0.6 is 0 Å². The number of hydrogen-bond acceptors (Lipinski definition) is 6. The first-order chi connectivity index (χ1) is 12.5. The molecule has 2 aromatic heterocycles. The number of aromatic nitrogens is 4. The molecule has 1 aliphatic heterocycles. The third kappa shape index (κ3) is 3.33. The van der Waals surface area contributed by atoms with Gasteiger partial charge in [0.25, 0.3) is 0 Å². The lowest BCUT2D eigenvalue weighted by Crippen LogP contribution is -2.38. The minimum Gasteiger partial charge on any atom is -0.598 e. The molecule has 0 amide bonds. The fourth-order valence-corrected chi connectivity index (χ4v) is 4.04. The predicted octanol–water partition coefficient (Wildman–Crippen LogP) is 1.48. The van der Waals surface area contributed by atoms with Gasteiger partial charge >= 0.3 is 0 Å². The Morgan fingerprint density at radius 3 is 2.58 bits per heavy atom. The summed E-state index contributed by atoms with van der Waals surface area (Å²) >= 11 is 0. The van der Waals surface area contributed by atoms with E-state index >= 15 is 0 Å². The summed E-state index contributed by atoms with van der Waals surface area (Å²) in [5.41, 5.74) is 1.63. The zero-order valence-corrected chi connectivity index (χ0v) is 15.3. The molecule has 0 aliphatic carbocycles. The minimum atomic E-state index is -3.16. The van der Waals surface area contributed by atoms with E-state index < -0.39 is 10.4 Å². The van der Waals surface area contributed by atoms with Crippen molar-refractivity contribution in [3.8, 4) is 11.4 Å². The van der Waals surface area contributed by atoms with E-state index in [0.29, 0.717) is 31.1 Å². The van der Waals surface area contributed by atoms with Crippen LogP contribution < -0.4 is 4.90 Å². The highest BCUT2D eigenvalue weighted by Gasteiger charge is 2.25. The monoisotopic (exact) mass is 372 g/mol. The fourth-order valence-electron chi connectivity index (χ4n) is 3.17. The molecule has 136 valence electrons. The molecule has 8 nitrogen and oxygen atoms in total. The highest BCUT2D eigenvalue weighted by molar-refractivity contribution is 7.94. The van der Waals surface area contributed by atoms with Gasteiger partial charge in [0, 0.05) is 25.2 Å². The molecular weight excluding hydrogens is 352 g/mol. The summed E-state index contributed by atoms with van der Waals surface area (Å²) in [5, 5.41) is 13.2. The molecule has 1 aliphatic rings. The van der Waals surface area contributed by atoms with E-state index in [1.807, 2.05) is 42.5 Å². The smallest absolute Gasteiger partial charge is 0.185 e. The van der Waals surface area contributed by atoms with Crippen LogP contribution in [0.25, 0.3) is 17.0 Å². The molecule has 0 radical (unpaired) electrons. The van der Waals surface area contributed by atoms with Crippen LogP contribution in [0.5, 0.6) is 0 Å². The second-order valence-electron chi connectivity index (χ2n) is 6.35. The summed E-state index contributed by atoms with van der Waals surface area (Å²) in [6.07, 6.45) is 2.02. The van der Waals surface area contributed by atoms with Gasteiger partial charge in [-0.25, -0.2) is 0 Å². The van der Waals surface area contributed by atoms with E-state index in [0.717, 1.165) is 24.3 Å². The average molecular weight is 372 g/mol. The lowest BCUT2D eigenvalue weighted by molar-refractivity contribution is 0.373. The summed E-state index contributed by atoms with van der Waals surface area (Å²) < 4.78 is 26.9. The van der Waals surface area contributed by atoms with Crippen molar-refractivity contribution < 1.29 is 8.76 Å². The lowest BCUT2D eigenvalue weighted by atomic mass is 10.2. The molecule has 3 aromatic rings. The number of rotatable bonds is 3. The van der Waals surface area contributed by atoms with E-state index in [1.54, 1.807) is 4.52 Å². The molecule has 0 saturated carbocycles. The molecule has 1 saturated heterocycles. The number of hydrogen-bond donors (Lipinski definition) is 0. The van der Waals surface area contributed by atoms with Crippen LogP contribution in [0.1, 0.15) is 6.42 Å². The van der Waals surface area contributed by atoms with Crippen molar-refractivity contribution in [2.75, 3.05) is 37.3 Å². The third-order valence-corrected chi connectivity index (χ3v) is 5.83. The summed E-state index contributed by atoms with van der Waals surface area (Å²) in [6.45, 7) is 2.37. The van der Waals surface area contributed by atoms with Crippen LogP contribution in [0.4, 0.5) is 5.82 Å². The first-order valence-electron chi connectivity index (χ1n) is 8.50. The normalized spacial score (nSPS) is 18.6. The van der Waals surface area contributed by atoms with E-state index in [-0.39, 0.29) is 0 Å². The van der Waals surface area contributed by atoms with Gasteiger partial charge in [-0.1, -0.05) is 34.5 Å². The molecule has 0 bridgehead atoms. The highest BCUT2D eigenvalue weighted by atomic mass is 32.3. The van der Waals surface area contributed by atoms with Gasteiger partial charge in [-0.3, -0.25) is 0 Å². The van der Waals surface area contributed by atoms with Crippen molar-refractivity contribution in [1.82, 2.24) is 24.1 Å². The zero-order chi connectivity index (χ0) is 18.1. The van der Waals surface area contributed by atoms with Gasteiger partial charge in [0.2, 0.25) is 0 Å². The number of anilines is 1. The Hall–Kier alpha value is -2.36. The van der Waals surface area contributed by atoms with Gasteiger partial charge in [-0.15, -0.1) is 19.6 Å². The predicted molar refractivity (Wildman–Crippen MR) is 99.4 cm³/mol. The summed E-state index contributed by atoms with van der Waals surface area (Å²) in [6, 6.07) is 13.6. The molecule has 0 N–H and O–H groups in total. The number of benzene rings is 1. The topological polar surface area (TPSA) is 89.7 Å². The van der Waals surface area contributed by atoms with Gasteiger partial charge in [0.15, 0.2) is 11.5 Å². The van der Waals surface area contributed by atoms with Crippen LogP contribution in [0.15, 0.2) is 42.5 Å². The molecule has 3 heterocycles. The van der Waals surface area contributed by atoms with Crippen LogP contribution in [0.2, 0.25) is 0 Å². The Morgan fingerprint density at radius 2 is 1.81 bits per heavy atom. The molecule has 9 heteroatoms. The highest BCUT2D eigenvalue weighted by Crippen LogP contribution is 2.20. The van der Waals surface area contributed by atoms with Crippen molar-refractivity contribution >= 4 is 21.9 Å². The van der Waals surface area contributed by atoms with Crippen LogP contribution in [-0.2, 0) is 14.6 Å². The summed E-state index contributed by atoms with van der Waals surface area (Å²) in [4.78, 5) is 2.11. The van der Waals surface area contributed by atoms with E-state index in [1.165, 1.54) is 10.6 Å². The SMILES string of the molecule is C[S+](=O)([O-])N1CCCN(c2ccc3nnc(-c4ccccc4)n3n2)CC1. The minimum absolute atomic E-state index is 0.465. The molecular formula is C17H20N6O2S. The second-order valence-corrected chi connectivity index (χ2v) is 8.34. The van der Waals surface area contributed by atoms with Gasteiger partial charge in [0.1, 0.15) is 22.5 Å². The van der Waals surface area contributed by atoms with Gasteiger partial charge in [-0.2, -0.15) is 4.52 Å². The Balaban J connectivity index is 1.64. The van der Waals surface area contributed by atoms with E-state index in [4.69, 9.17) is 5.10 Å². The summed E-state index contributed by atoms with van der Waals surface area (Å²) in [5.74, 6) is 1.49. The van der Waals surface area contributed by atoms with E-state index in [2.05, 4.69) is 15.1 Å². The van der Waals surface area contributed by atoms with Gasteiger partial charge in [-0.05, 0) is 18.6 Å². The second kappa shape index (κ2) is 6.75. The molecule has 0 spiro atoms. The molecule has 1 aromatic carbocycles. The lowest BCUT2D eigenvalue weighted by Gasteiger charge is -2.24. The molecule has 4 rings (SSSR count). The maximum atomic E-state index is 11.8. The van der Waals surface area contributed by atoms with E-state index in [9.17, 15) is 8.76 Å². The van der Waals surface area contributed by atoms with Crippen LogP contribution in [0.3, 0.4) is 0 Å². The fraction of sp³-hybridized carbons (Fsp3) is 0.353. The number of sulfonamides is 1. The zero-order valence-electron chi connectivity index (χ0n) is 14.5. The molecule has 1 fully saturated rings. The molecule has 26 heavy (non-hydrogen) atoms. The van der Waals surface area contributed by atoms with Crippen molar-refractivity contribution in [2.45, 2.75) is 6.42 Å². The Morgan fingerprint density at radius 1 is 1.00 bits per heavy atom. The van der Waals surface area contributed by atoms with Crippen LogP contribution in [-0.4, -0.2) is 61.1 Å². The maximum Gasteiger partial charge on any atom is 0.185 e. The van der Waals surface area contributed by atoms with Crippen molar-refractivity contribution in [1.29, 1.82) is 0 Å². The van der Waals surface area contributed by atoms with Crippen molar-refractivity contribution in [3.63, 3.8) is 0 Å². The maximum absolute atomic E-state index is 11.8. The Labute approximate surface area is 152 Å². The molecule has 1 unspecified atom stereocenters. The standard InChI is InChI=1S/C17H20N6O2S/c1-26(24,25)22-11-5-10-21(12-13-22)16-9-8-15-18-19-17(23(15)20-16)14-6-3-2-4-7-14/h2-4,6-9H,5,10-13H2,1H3. The third-order valence-electron chi connectivity index (χ3n) is 4.53. The number of fused-ring (bicyclic) bond motifs is 1. The first kappa shape index (κ1) is 17.1. The quantitative estimate of drug-likeness (QED) is 0.647. The summed E-state index contributed by atoms with van der Waals surface area (Å²) in [7, 11) is -3.16. The first-order valence-corrected chi connectivity index (χ1v) is 10.4. The van der Waals surface area contributed by atoms with Gasteiger partial charge in [0.05, 0.1) is 6.54 Å². The largest absolute Gasteiger partial charge is 0.598 e. The molecule has 1 atom stereocenters.